The molecule has 0 saturated heterocycles. The fourth-order valence-electron chi connectivity index (χ4n) is 1.94. The molecule has 2 N–H and O–H groups in total. The van der Waals surface area contributed by atoms with Gasteiger partial charge < -0.3 is 20.3 Å². The standard InChI is InChI=1S/C16H22BrN5OS/c1-21(2)9-3-8-18-16(24)20-14-10-19-22(11-14)12-23-15-6-4-13(17)5-7-15/h4-7,10-11H,3,8-9,12H2,1-2H3,(H2,18,20,24). The number of aromatic nitrogens is 2. The third-order valence-corrected chi connectivity index (χ3v) is 3.91. The molecule has 0 aliphatic carbocycles. The zero-order valence-electron chi connectivity index (χ0n) is 13.8. The average molecular weight is 412 g/mol. The average Bonchev–Trinajstić information content (AvgIpc) is 2.98. The van der Waals surface area contributed by atoms with E-state index in [9.17, 15) is 0 Å². The molecule has 2 rings (SSSR count). The van der Waals surface area contributed by atoms with Gasteiger partial charge in [0, 0.05) is 11.0 Å². The molecule has 6 nitrogen and oxygen atoms in total. The van der Waals surface area contributed by atoms with E-state index in [4.69, 9.17) is 17.0 Å². The fraction of sp³-hybridized carbons (Fsp3) is 0.375. The van der Waals surface area contributed by atoms with Gasteiger partial charge in [-0.2, -0.15) is 5.10 Å². The third-order valence-electron chi connectivity index (χ3n) is 3.14. The van der Waals surface area contributed by atoms with Crippen molar-refractivity contribution in [1.82, 2.24) is 20.0 Å². The summed E-state index contributed by atoms with van der Waals surface area (Å²) in [6.45, 7) is 2.21. The number of thiocarbonyl (C=S) groups is 1. The molecule has 0 atom stereocenters. The van der Waals surface area contributed by atoms with Crippen molar-refractivity contribution >= 4 is 38.9 Å². The SMILES string of the molecule is CN(C)CCCNC(=S)Nc1cnn(COc2ccc(Br)cc2)c1. The van der Waals surface area contributed by atoms with E-state index in [0.29, 0.717) is 11.8 Å². The molecule has 1 heterocycles. The zero-order chi connectivity index (χ0) is 17.4. The molecule has 0 amide bonds. The second-order valence-corrected chi connectivity index (χ2v) is 6.86. The second kappa shape index (κ2) is 9.61. The minimum atomic E-state index is 0.340. The molecule has 0 saturated carbocycles. The molecular weight excluding hydrogens is 390 g/mol. The topological polar surface area (TPSA) is 54.3 Å². The first kappa shape index (κ1) is 18.7. The van der Waals surface area contributed by atoms with Gasteiger partial charge in [-0.1, -0.05) is 15.9 Å². The summed E-state index contributed by atoms with van der Waals surface area (Å²) in [4.78, 5) is 2.15. The van der Waals surface area contributed by atoms with Crippen LogP contribution in [-0.4, -0.2) is 47.0 Å². The van der Waals surface area contributed by atoms with Crippen LogP contribution in [0, 0.1) is 0 Å². The van der Waals surface area contributed by atoms with Gasteiger partial charge in [0.1, 0.15) is 5.75 Å². The summed E-state index contributed by atoms with van der Waals surface area (Å²) in [5, 5.41) is 11.1. The number of rotatable bonds is 8. The lowest BCUT2D eigenvalue weighted by Crippen LogP contribution is -2.30. The summed E-state index contributed by atoms with van der Waals surface area (Å²) in [5.41, 5.74) is 0.833. The molecule has 0 aliphatic heterocycles. The van der Waals surface area contributed by atoms with Gasteiger partial charge in [-0.15, -0.1) is 0 Å². The molecule has 0 bridgehead atoms. The van der Waals surface area contributed by atoms with E-state index in [2.05, 4.69) is 50.7 Å². The number of nitrogens with one attached hydrogen (secondary N) is 2. The van der Waals surface area contributed by atoms with Crippen LogP contribution < -0.4 is 15.4 Å². The molecule has 0 spiro atoms. The highest BCUT2D eigenvalue weighted by Crippen LogP contribution is 2.16. The predicted molar refractivity (Wildman–Crippen MR) is 104 cm³/mol. The molecular formula is C16H22BrN5OS. The van der Waals surface area contributed by atoms with Gasteiger partial charge in [-0.25, -0.2) is 4.68 Å². The maximum atomic E-state index is 5.67. The van der Waals surface area contributed by atoms with Crippen LogP contribution in [0.1, 0.15) is 6.42 Å². The Morgan fingerprint density at radius 2 is 2.08 bits per heavy atom. The van der Waals surface area contributed by atoms with Crippen molar-refractivity contribution in [2.45, 2.75) is 13.2 Å². The molecule has 8 heteroatoms. The highest BCUT2D eigenvalue weighted by molar-refractivity contribution is 9.10. The molecule has 0 unspecified atom stereocenters. The van der Waals surface area contributed by atoms with Crippen molar-refractivity contribution in [2.24, 2.45) is 0 Å². The lowest BCUT2D eigenvalue weighted by Gasteiger charge is -2.11. The molecule has 0 fully saturated rings. The van der Waals surface area contributed by atoms with Crippen LogP contribution in [0.25, 0.3) is 0 Å². The van der Waals surface area contributed by atoms with Gasteiger partial charge in [0.05, 0.1) is 18.1 Å². The van der Waals surface area contributed by atoms with Crippen LogP contribution in [0.4, 0.5) is 5.69 Å². The summed E-state index contributed by atoms with van der Waals surface area (Å²) in [5.74, 6) is 0.793. The number of hydrogen-bond donors (Lipinski definition) is 2. The predicted octanol–water partition coefficient (Wildman–Crippen LogP) is 2.92. The minimum Gasteiger partial charge on any atom is -0.471 e. The first-order valence-electron chi connectivity index (χ1n) is 7.63. The quantitative estimate of drug-likeness (QED) is 0.514. The molecule has 1 aromatic heterocycles. The minimum absolute atomic E-state index is 0.340. The number of ether oxygens (including phenoxy) is 1. The van der Waals surface area contributed by atoms with Gasteiger partial charge >= 0.3 is 0 Å². The Balaban J connectivity index is 1.72. The highest BCUT2D eigenvalue weighted by atomic mass is 79.9. The van der Waals surface area contributed by atoms with Crippen molar-refractivity contribution < 1.29 is 4.74 Å². The van der Waals surface area contributed by atoms with Crippen LogP contribution in [0.15, 0.2) is 41.1 Å². The summed E-state index contributed by atoms with van der Waals surface area (Å²) in [6, 6.07) is 7.68. The van der Waals surface area contributed by atoms with Crippen LogP contribution in [0.2, 0.25) is 0 Å². The maximum absolute atomic E-state index is 5.67. The van der Waals surface area contributed by atoms with Crippen LogP contribution in [-0.2, 0) is 6.73 Å². The first-order valence-corrected chi connectivity index (χ1v) is 8.83. The van der Waals surface area contributed by atoms with Gasteiger partial charge in [0.25, 0.3) is 0 Å². The van der Waals surface area contributed by atoms with Gasteiger partial charge in [0.2, 0.25) is 0 Å². The Labute approximate surface area is 156 Å². The van der Waals surface area contributed by atoms with E-state index in [1.165, 1.54) is 0 Å². The lowest BCUT2D eigenvalue weighted by atomic mass is 10.3. The molecule has 24 heavy (non-hydrogen) atoms. The smallest absolute Gasteiger partial charge is 0.180 e. The van der Waals surface area contributed by atoms with Crippen LogP contribution in [0.5, 0.6) is 5.75 Å². The van der Waals surface area contributed by atoms with E-state index in [0.717, 1.165) is 35.4 Å². The van der Waals surface area contributed by atoms with Crippen molar-refractivity contribution in [3.05, 3.63) is 41.1 Å². The molecule has 1 aromatic carbocycles. The monoisotopic (exact) mass is 411 g/mol. The number of anilines is 1. The summed E-state index contributed by atoms with van der Waals surface area (Å²) in [6.07, 6.45) is 4.61. The van der Waals surface area contributed by atoms with Crippen LogP contribution >= 0.6 is 28.1 Å². The molecule has 2 aromatic rings. The molecule has 0 radical (unpaired) electrons. The lowest BCUT2D eigenvalue weighted by molar-refractivity contribution is 0.221. The van der Waals surface area contributed by atoms with E-state index in [1.807, 2.05) is 30.5 Å². The molecule has 130 valence electrons. The van der Waals surface area contributed by atoms with E-state index in [-0.39, 0.29) is 0 Å². The Morgan fingerprint density at radius 1 is 1.33 bits per heavy atom. The Morgan fingerprint density at radius 3 is 2.79 bits per heavy atom. The van der Waals surface area contributed by atoms with Crippen molar-refractivity contribution in [3.8, 4) is 5.75 Å². The van der Waals surface area contributed by atoms with E-state index < -0.39 is 0 Å². The highest BCUT2D eigenvalue weighted by Gasteiger charge is 2.02. The molecule has 0 aliphatic rings. The Kier molecular flexibility index (Phi) is 7.48. The summed E-state index contributed by atoms with van der Waals surface area (Å²) in [7, 11) is 4.11. The Bertz CT molecular complexity index is 644. The number of hydrogen-bond acceptors (Lipinski definition) is 4. The first-order chi connectivity index (χ1) is 11.5. The summed E-state index contributed by atoms with van der Waals surface area (Å²) >= 11 is 8.66. The second-order valence-electron chi connectivity index (χ2n) is 5.53. The zero-order valence-corrected chi connectivity index (χ0v) is 16.2. The van der Waals surface area contributed by atoms with Crippen molar-refractivity contribution in [3.63, 3.8) is 0 Å². The largest absolute Gasteiger partial charge is 0.471 e. The normalized spacial score (nSPS) is 10.7. The van der Waals surface area contributed by atoms with E-state index in [1.54, 1.807) is 10.9 Å². The van der Waals surface area contributed by atoms with Crippen LogP contribution in [0.3, 0.4) is 0 Å². The van der Waals surface area contributed by atoms with Gasteiger partial charge in [-0.05, 0) is 63.5 Å². The number of benzene rings is 1. The van der Waals surface area contributed by atoms with Crippen molar-refractivity contribution in [2.75, 3.05) is 32.5 Å². The number of nitrogens with zero attached hydrogens (tertiary/aromatic N) is 3. The number of halogens is 1. The maximum Gasteiger partial charge on any atom is 0.180 e. The third kappa shape index (κ3) is 6.86. The fourth-order valence-corrected chi connectivity index (χ4v) is 2.43. The van der Waals surface area contributed by atoms with Gasteiger partial charge in [0.15, 0.2) is 11.8 Å². The Hall–Kier alpha value is -1.64. The van der Waals surface area contributed by atoms with Gasteiger partial charge in [-0.3, -0.25) is 0 Å². The summed E-state index contributed by atoms with van der Waals surface area (Å²) < 4.78 is 8.39. The van der Waals surface area contributed by atoms with Crippen molar-refractivity contribution in [1.29, 1.82) is 0 Å². The van der Waals surface area contributed by atoms with E-state index >= 15 is 0 Å².